The molecule has 2 bridgehead atoms. The summed E-state index contributed by atoms with van der Waals surface area (Å²) in [4.78, 5) is 47.4. The Kier molecular flexibility index (Phi) is 6.37. The van der Waals surface area contributed by atoms with E-state index in [2.05, 4.69) is 10.9 Å². The van der Waals surface area contributed by atoms with Crippen molar-refractivity contribution >= 4 is 23.8 Å². The summed E-state index contributed by atoms with van der Waals surface area (Å²) in [6.07, 6.45) is 5.29. The van der Waals surface area contributed by atoms with Gasteiger partial charge in [0.2, 0.25) is 5.91 Å². The number of carboxylic acids is 1. The van der Waals surface area contributed by atoms with E-state index in [1.165, 1.54) is 0 Å². The predicted molar refractivity (Wildman–Crippen MR) is 88.0 cm³/mol. The maximum atomic E-state index is 12.4. The molecule has 0 aromatic carbocycles. The van der Waals surface area contributed by atoms with Crippen LogP contribution in [0.15, 0.2) is 23.9 Å². The summed E-state index contributed by atoms with van der Waals surface area (Å²) in [6.45, 7) is 3.31. The summed E-state index contributed by atoms with van der Waals surface area (Å²) in [7, 11) is 0. The van der Waals surface area contributed by atoms with Crippen molar-refractivity contribution in [1.29, 1.82) is 0 Å². The van der Waals surface area contributed by atoms with Crippen LogP contribution in [0.3, 0.4) is 0 Å². The monoisotopic (exact) mass is 366 g/mol. The van der Waals surface area contributed by atoms with E-state index < -0.39 is 41.2 Å². The van der Waals surface area contributed by atoms with Crippen LogP contribution in [0.4, 0.5) is 0 Å². The number of carbonyl (C=O) groups excluding carboxylic acids is 3. The molecule has 0 radical (unpaired) electrons. The molecular formula is C17H22N2O7. The van der Waals surface area contributed by atoms with Gasteiger partial charge in [0, 0.05) is 6.20 Å². The Morgan fingerprint density at radius 1 is 1.04 bits per heavy atom. The first-order chi connectivity index (χ1) is 12.4. The summed E-state index contributed by atoms with van der Waals surface area (Å²) in [5, 5.41) is 9.36. The van der Waals surface area contributed by atoms with Crippen molar-refractivity contribution in [2.75, 3.05) is 13.2 Å². The number of ether oxygens (including phenoxy) is 2. The molecule has 1 amide bonds. The fourth-order valence-electron chi connectivity index (χ4n) is 3.40. The molecule has 142 valence electrons. The number of esters is 2. The maximum absolute atomic E-state index is 12.4. The van der Waals surface area contributed by atoms with Crippen LogP contribution in [0.2, 0.25) is 0 Å². The highest BCUT2D eigenvalue weighted by Gasteiger charge is 2.51. The van der Waals surface area contributed by atoms with Gasteiger partial charge in [0.05, 0.1) is 25.0 Å². The Hall–Kier alpha value is -2.84. The van der Waals surface area contributed by atoms with Gasteiger partial charge in [0.15, 0.2) is 5.57 Å². The molecule has 2 rings (SSSR count). The lowest BCUT2D eigenvalue weighted by Gasteiger charge is -2.23. The first-order valence-corrected chi connectivity index (χ1v) is 8.41. The van der Waals surface area contributed by atoms with Gasteiger partial charge in [-0.15, -0.1) is 0 Å². The van der Waals surface area contributed by atoms with Gasteiger partial charge in [0.25, 0.3) is 0 Å². The second-order valence-electron chi connectivity index (χ2n) is 5.97. The number of nitrogens with one attached hydrogen (secondary N) is 2. The number of hydrogen-bond acceptors (Lipinski definition) is 7. The van der Waals surface area contributed by atoms with Crippen LogP contribution >= 0.6 is 0 Å². The molecule has 1 saturated carbocycles. The Bertz CT molecular complexity index is 635. The lowest BCUT2D eigenvalue weighted by Crippen LogP contribution is -2.44. The fraction of sp³-hybridized carbons (Fsp3) is 0.529. The molecular weight excluding hydrogens is 344 g/mol. The van der Waals surface area contributed by atoms with Crippen LogP contribution in [0, 0.1) is 23.7 Å². The standard InChI is InChI=1S/C17H22N2O7/c1-3-25-16(23)11(17(24)26-4-2)8-18-19-14(20)12-9-5-6-10(7-9)13(12)15(21)22/h5-6,8-10,12-13,18H,3-4,7H2,1-2H3,(H,19,20)(H,21,22)/t9-,10-,12+,13+/m0/s1. The first kappa shape index (κ1) is 19.5. The van der Waals surface area contributed by atoms with Crippen LogP contribution in [0.1, 0.15) is 20.3 Å². The summed E-state index contributed by atoms with van der Waals surface area (Å²) < 4.78 is 9.54. The molecule has 2 aliphatic carbocycles. The molecule has 0 aromatic heterocycles. The zero-order valence-corrected chi connectivity index (χ0v) is 14.6. The summed E-state index contributed by atoms with van der Waals surface area (Å²) >= 11 is 0. The van der Waals surface area contributed by atoms with Gasteiger partial charge >= 0.3 is 17.9 Å². The van der Waals surface area contributed by atoms with Crippen molar-refractivity contribution in [1.82, 2.24) is 10.9 Å². The SMILES string of the molecule is CCOC(=O)C(=CNNC(=O)[C@H]1[C@H](C(=O)O)[C@H]2C=C[C@H]1C2)C(=O)OCC. The normalized spacial score (nSPS) is 25.3. The Labute approximate surface area is 150 Å². The van der Waals surface area contributed by atoms with Crippen LogP contribution < -0.4 is 10.9 Å². The van der Waals surface area contributed by atoms with E-state index in [-0.39, 0.29) is 25.0 Å². The highest BCUT2D eigenvalue weighted by molar-refractivity contribution is 6.14. The van der Waals surface area contributed by atoms with Gasteiger partial charge in [-0.3, -0.25) is 15.0 Å². The van der Waals surface area contributed by atoms with E-state index in [4.69, 9.17) is 9.47 Å². The molecule has 0 spiro atoms. The van der Waals surface area contributed by atoms with Crippen molar-refractivity contribution in [3.63, 3.8) is 0 Å². The van der Waals surface area contributed by atoms with Gasteiger partial charge < -0.3 is 20.0 Å². The number of carbonyl (C=O) groups is 4. The van der Waals surface area contributed by atoms with Gasteiger partial charge in [-0.2, -0.15) is 0 Å². The smallest absolute Gasteiger partial charge is 0.347 e. The highest BCUT2D eigenvalue weighted by atomic mass is 16.6. The first-order valence-electron chi connectivity index (χ1n) is 8.41. The number of allylic oxidation sites excluding steroid dienone is 2. The van der Waals surface area contributed by atoms with Crippen LogP contribution in [0.25, 0.3) is 0 Å². The van der Waals surface area contributed by atoms with E-state index in [9.17, 15) is 24.3 Å². The van der Waals surface area contributed by atoms with Gasteiger partial charge in [-0.05, 0) is 32.1 Å². The number of amides is 1. The fourth-order valence-corrected chi connectivity index (χ4v) is 3.40. The zero-order chi connectivity index (χ0) is 19.3. The predicted octanol–water partition coefficient (Wildman–Crippen LogP) is 0.140. The summed E-state index contributed by atoms with van der Waals surface area (Å²) in [6, 6.07) is 0. The third kappa shape index (κ3) is 4.04. The minimum atomic E-state index is -1.02. The molecule has 2 aliphatic rings. The number of rotatable bonds is 8. The third-order valence-corrected chi connectivity index (χ3v) is 4.45. The van der Waals surface area contributed by atoms with Gasteiger partial charge in [0.1, 0.15) is 0 Å². The molecule has 0 saturated heterocycles. The molecule has 0 unspecified atom stereocenters. The van der Waals surface area contributed by atoms with Crippen molar-refractivity contribution in [2.45, 2.75) is 20.3 Å². The van der Waals surface area contributed by atoms with E-state index in [0.717, 1.165) is 6.20 Å². The van der Waals surface area contributed by atoms with Crippen molar-refractivity contribution in [3.8, 4) is 0 Å². The second kappa shape index (κ2) is 8.50. The Balaban J connectivity index is 2.03. The lowest BCUT2D eigenvalue weighted by atomic mass is 9.82. The molecule has 3 N–H and O–H groups in total. The molecule has 9 heteroatoms. The van der Waals surface area contributed by atoms with Crippen molar-refractivity contribution in [3.05, 3.63) is 23.9 Å². The summed E-state index contributed by atoms with van der Waals surface area (Å²) in [5.74, 6) is -5.10. The van der Waals surface area contributed by atoms with E-state index in [1.807, 2.05) is 12.2 Å². The molecule has 0 aromatic rings. The van der Waals surface area contributed by atoms with Crippen LogP contribution in [0.5, 0.6) is 0 Å². The number of carboxylic acid groups (broad SMARTS) is 1. The lowest BCUT2D eigenvalue weighted by molar-refractivity contribution is -0.148. The third-order valence-electron chi connectivity index (χ3n) is 4.45. The maximum Gasteiger partial charge on any atom is 0.347 e. The van der Waals surface area contributed by atoms with Crippen molar-refractivity contribution < 1.29 is 33.8 Å². The molecule has 1 fully saturated rings. The molecule has 26 heavy (non-hydrogen) atoms. The largest absolute Gasteiger partial charge is 0.481 e. The van der Waals surface area contributed by atoms with E-state index in [0.29, 0.717) is 6.42 Å². The number of aliphatic carboxylic acids is 1. The highest BCUT2D eigenvalue weighted by Crippen LogP contribution is 2.48. The number of fused-ring (bicyclic) bond motifs is 2. The van der Waals surface area contributed by atoms with E-state index >= 15 is 0 Å². The molecule has 0 aliphatic heterocycles. The molecule has 9 nitrogen and oxygen atoms in total. The quantitative estimate of drug-likeness (QED) is 0.138. The minimum absolute atomic E-state index is 0.0692. The van der Waals surface area contributed by atoms with Crippen LogP contribution in [-0.2, 0) is 28.7 Å². The van der Waals surface area contributed by atoms with Gasteiger partial charge in [-0.1, -0.05) is 12.2 Å². The Morgan fingerprint density at radius 2 is 1.58 bits per heavy atom. The Morgan fingerprint density at radius 3 is 2.08 bits per heavy atom. The average molecular weight is 366 g/mol. The average Bonchev–Trinajstić information content (AvgIpc) is 3.19. The second-order valence-corrected chi connectivity index (χ2v) is 5.97. The number of hydrazine groups is 1. The van der Waals surface area contributed by atoms with Crippen LogP contribution in [-0.4, -0.2) is 42.1 Å². The van der Waals surface area contributed by atoms with Crippen molar-refractivity contribution in [2.24, 2.45) is 23.7 Å². The molecule has 0 heterocycles. The summed E-state index contributed by atoms with van der Waals surface area (Å²) in [5.41, 5.74) is 4.31. The van der Waals surface area contributed by atoms with E-state index in [1.54, 1.807) is 13.8 Å². The number of hydrogen-bond donors (Lipinski definition) is 3. The minimum Gasteiger partial charge on any atom is -0.481 e. The topological polar surface area (TPSA) is 131 Å². The molecule has 4 atom stereocenters. The zero-order valence-electron chi connectivity index (χ0n) is 14.6. The van der Waals surface area contributed by atoms with Gasteiger partial charge in [-0.25, -0.2) is 9.59 Å².